The van der Waals surface area contributed by atoms with E-state index in [1.54, 1.807) is 19.1 Å². The molecule has 0 saturated heterocycles. The van der Waals surface area contributed by atoms with Crippen molar-refractivity contribution in [3.8, 4) is 0 Å². The monoisotopic (exact) mass is 320 g/mol. The SMILES string of the molecule is CCCCC(C)OC(=O)CC(C)NC(=O)c1ccc(NC)cc1. The number of hydrogen-bond acceptors (Lipinski definition) is 4. The third-order valence-corrected chi connectivity index (χ3v) is 3.58. The maximum atomic E-state index is 12.1. The molecule has 0 fully saturated rings. The Labute approximate surface area is 138 Å². The summed E-state index contributed by atoms with van der Waals surface area (Å²) in [6.07, 6.45) is 3.11. The first-order chi connectivity index (χ1) is 11.0. The number of carbonyl (C=O) groups is 2. The quantitative estimate of drug-likeness (QED) is 0.685. The number of benzene rings is 1. The van der Waals surface area contributed by atoms with Gasteiger partial charge in [-0.25, -0.2) is 0 Å². The number of carbonyl (C=O) groups excluding carboxylic acids is 2. The van der Waals surface area contributed by atoms with Crippen LogP contribution in [-0.2, 0) is 9.53 Å². The van der Waals surface area contributed by atoms with Crippen molar-refractivity contribution in [1.29, 1.82) is 0 Å². The second-order valence-corrected chi connectivity index (χ2v) is 5.85. The van der Waals surface area contributed by atoms with Gasteiger partial charge in [-0.3, -0.25) is 9.59 Å². The Kier molecular flexibility index (Phi) is 8.16. The minimum Gasteiger partial charge on any atom is -0.463 e. The predicted molar refractivity (Wildman–Crippen MR) is 92.6 cm³/mol. The van der Waals surface area contributed by atoms with Crippen LogP contribution in [0.25, 0.3) is 0 Å². The number of amides is 1. The maximum absolute atomic E-state index is 12.1. The summed E-state index contributed by atoms with van der Waals surface area (Å²) in [7, 11) is 1.82. The summed E-state index contributed by atoms with van der Waals surface area (Å²) in [5.74, 6) is -0.459. The van der Waals surface area contributed by atoms with Gasteiger partial charge in [-0.15, -0.1) is 0 Å². The second kappa shape index (κ2) is 9.87. The number of hydrogen-bond donors (Lipinski definition) is 2. The molecule has 2 unspecified atom stereocenters. The lowest BCUT2D eigenvalue weighted by atomic mass is 10.1. The number of unbranched alkanes of at least 4 members (excludes halogenated alkanes) is 1. The molecule has 5 heteroatoms. The Morgan fingerprint density at radius 1 is 1.17 bits per heavy atom. The minimum atomic E-state index is -0.271. The molecule has 2 N–H and O–H groups in total. The second-order valence-electron chi connectivity index (χ2n) is 5.85. The summed E-state index contributed by atoms with van der Waals surface area (Å²) in [6.45, 7) is 5.81. The highest BCUT2D eigenvalue weighted by atomic mass is 16.5. The largest absolute Gasteiger partial charge is 0.463 e. The topological polar surface area (TPSA) is 67.4 Å². The van der Waals surface area contributed by atoms with E-state index < -0.39 is 0 Å². The first-order valence-electron chi connectivity index (χ1n) is 8.24. The van der Waals surface area contributed by atoms with E-state index in [-0.39, 0.29) is 30.4 Å². The fourth-order valence-electron chi connectivity index (χ4n) is 2.22. The van der Waals surface area contributed by atoms with Crippen LogP contribution in [0.5, 0.6) is 0 Å². The van der Waals surface area contributed by atoms with Gasteiger partial charge in [0.15, 0.2) is 0 Å². The van der Waals surface area contributed by atoms with Crippen LogP contribution in [-0.4, -0.2) is 31.1 Å². The molecule has 1 rings (SSSR count). The molecule has 5 nitrogen and oxygen atoms in total. The van der Waals surface area contributed by atoms with Crippen LogP contribution < -0.4 is 10.6 Å². The lowest BCUT2D eigenvalue weighted by Gasteiger charge is -2.16. The molecule has 0 saturated carbocycles. The molecule has 2 atom stereocenters. The maximum Gasteiger partial charge on any atom is 0.308 e. The van der Waals surface area contributed by atoms with Crippen LogP contribution in [0.4, 0.5) is 5.69 Å². The molecule has 1 aromatic carbocycles. The van der Waals surface area contributed by atoms with Crippen LogP contribution >= 0.6 is 0 Å². The molecule has 0 aliphatic rings. The van der Waals surface area contributed by atoms with Crippen LogP contribution in [0.2, 0.25) is 0 Å². The smallest absolute Gasteiger partial charge is 0.308 e. The molecule has 1 amide bonds. The molecule has 0 aliphatic heterocycles. The predicted octanol–water partition coefficient (Wildman–Crippen LogP) is 3.36. The van der Waals surface area contributed by atoms with Crippen molar-refractivity contribution in [3.63, 3.8) is 0 Å². The summed E-state index contributed by atoms with van der Waals surface area (Å²) < 4.78 is 5.34. The zero-order chi connectivity index (χ0) is 17.2. The van der Waals surface area contributed by atoms with E-state index in [4.69, 9.17) is 4.74 Å². The van der Waals surface area contributed by atoms with Crippen LogP contribution in [0, 0.1) is 0 Å². The molecule has 0 heterocycles. The van der Waals surface area contributed by atoms with E-state index in [0.717, 1.165) is 24.9 Å². The number of anilines is 1. The van der Waals surface area contributed by atoms with Crippen molar-refractivity contribution in [2.24, 2.45) is 0 Å². The van der Waals surface area contributed by atoms with Gasteiger partial charge in [0.2, 0.25) is 0 Å². The normalized spacial score (nSPS) is 13.0. The van der Waals surface area contributed by atoms with Gasteiger partial charge >= 0.3 is 5.97 Å². The number of esters is 1. The van der Waals surface area contributed by atoms with Crippen molar-refractivity contribution in [1.82, 2.24) is 5.32 Å². The lowest BCUT2D eigenvalue weighted by molar-refractivity contribution is -0.148. The Balaban J connectivity index is 2.40. The zero-order valence-electron chi connectivity index (χ0n) is 14.5. The molecule has 0 aromatic heterocycles. The summed E-state index contributed by atoms with van der Waals surface area (Å²) in [5, 5.41) is 5.82. The molecule has 0 spiro atoms. The van der Waals surface area contributed by atoms with Crippen molar-refractivity contribution >= 4 is 17.6 Å². The van der Waals surface area contributed by atoms with Crippen molar-refractivity contribution in [3.05, 3.63) is 29.8 Å². The highest BCUT2D eigenvalue weighted by Crippen LogP contribution is 2.10. The molecule has 0 aliphatic carbocycles. The van der Waals surface area contributed by atoms with Crippen molar-refractivity contribution < 1.29 is 14.3 Å². The van der Waals surface area contributed by atoms with Gasteiger partial charge in [0.25, 0.3) is 5.91 Å². The van der Waals surface area contributed by atoms with Crippen LogP contribution in [0.1, 0.15) is 56.8 Å². The molecule has 0 radical (unpaired) electrons. The van der Waals surface area contributed by atoms with E-state index in [2.05, 4.69) is 17.6 Å². The Hall–Kier alpha value is -2.04. The first-order valence-corrected chi connectivity index (χ1v) is 8.24. The number of rotatable bonds is 9. The zero-order valence-corrected chi connectivity index (χ0v) is 14.5. The van der Waals surface area contributed by atoms with Gasteiger partial charge in [0.05, 0.1) is 12.5 Å². The molecule has 23 heavy (non-hydrogen) atoms. The summed E-state index contributed by atoms with van der Waals surface area (Å²) in [4.78, 5) is 24.0. The first kappa shape index (κ1) is 19.0. The summed E-state index contributed by atoms with van der Waals surface area (Å²) >= 11 is 0. The van der Waals surface area contributed by atoms with E-state index in [9.17, 15) is 9.59 Å². The van der Waals surface area contributed by atoms with Gasteiger partial charge in [-0.05, 0) is 44.5 Å². The number of nitrogens with one attached hydrogen (secondary N) is 2. The van der Waals surface area contributed by atoms with Gasteiger partial charge in [0.1, 0.15) is 0 Å². The third-order valence-electron chi connectivity index (χ3n) is 3.58. The van der Waals surface area contributed by atoms with Gasteiger partial charge in [0, 0.05) is 24.3 Å². The van der Waals surface area contributed by atoms with Gasteiger partial charge in [-0.2, -0.15) is 0 Å². The Morgan fingerprint density at radius 2 is 1.83 bits per heavy atom. The summed E-state index contributed by atoms with van der Waals surface area (Å²) in [5.41, 5.74) is 1.51. The van der Waals surface area contributed by atoms with Gasteiger partial charge in [-0.1, -0.05) is 19.8 Å². The standard InChI is InChI=1S/C18H28N2O3/c1-5-6-7-14(3)23-17(21)12-13(2)20-18(22)15-8-10-16(19-4)11-9-15/h8-11,13-14,19H,5-7,12H2,1-4H3,(H,20,22). The molecular weight excluding hydrogens is 292 g/mol. The highest BCUT2D eigenvalue weighted by Gasteiger charge is 2.16. The Morgan fingerprint density at radius 3 is 2.39 bits per heavy atom. The van der Waals surface area contributed by atoms with E-state index >= 15 is 0 Å². The highest BCUT2D eigenvalue weighted by molar-refractivity contribution is 5.94. The fourth-order valence-corrected chi connectivity index (χ4v) is 2.22. The summed E-state index contributed by atoms with van der Waals surface area (Å²) in [6, 6.07) is 6.90. The van der Waals surface area contributed by atoms with Gasteiger partial charge < -0.3 is 15.4 Å². The van der Waals surface area contributed by atoms with Crippen molar-refractivity contribution in [2.75, 3.05) is 12.4 Å². The lowest BCUT2D eigenvalue weighted by Crippen LogP contribution is -2.35. The van der Waals surface area contributed by atoms with Crippen LogP contribution in [0.15, 0.2) is 24.3 Å². The molecule has 0 bridgehead atoms. The van der Waals surface area contributed by atoms with E-state index in [0.29, 0.717) is 5.56 Å². The molecule has 128 valence electrons. The fraction of sp³-hybridized carbons (Fsp3) is 0.556. The average molecular weight is 320 g/mol. The van der Waals surface area contributed by atoms with Crippen LogP contribution in [0.3, 0.4) is 0 Å². The Bertz CT molecular complexity index is 499. The van der Waals surface area contributed by atoms with E-state index in [1.165, 1.54) is 0 Å². The number of ether oxygens (including phenoxy) is 1. The average Bonchev–Trinajstić information content (AvgIpc) is 2.52. The third kappa shape index (κ3) is 7.17. The molecular formula is C18H28N2O3. The minimum absolute atomic E-state index is 0.0700. The van der Waals surface area contributed by atoms with Crippen molar-refractivity contribution in [2.45, 2.75) is 58.6 Å². The van der Waals surface area contributed by atoms with E-state index in [1.807, 2.05) is 26.1 Å². The molecule has 1 aromatic rings.